The van der Waals surface area contributed by atoms with E-state index >= 15 is 0 Å². The zero-order valence-corrected chi connectivity index (χ0v) is 20.7. The van der Waals surface area contributed by atoms with Crippen molar-refractivity contribution in [3.8, 4) is 17.0 Å². The summed E-state index contributed by atoms with van der Waals surface area (Å²) in [6, 6.07) is 11.4. The topological polar surface area (TPSA) is 65.7 Å². The molecule has 156 valence electrons. The minimum atomic E-state index is 0.210. The first kappa shape index (κ1) is 21.5. The van der Waals surface area contributed by atoms with Crippen molar-refractivity contribution in [2.75, 3.05) is 23.0 Å². The Balaban J connectivity index is 1.47. The normalized spacial score (nSPS) is 11.4. The molecular formula is C21H21BrIN5OS. The molecule has 0 amide bonds. The van der Waals surface area contributed by atoms with Crippen LogP contribution in [0.3, 0.4) is 0 Å². The maximum atomic E-state index is 10.3. The summed E-state index contributed by atoms with van der Waals surface area (Å²) in [6.45, 7) is 2.80. The Morgan fingerprint density at radius 2 is 2.13 bits per heavy atom. The van der Waals surface area contributed by atoms with Crippen molar-refractivity contribution in [1.82, 2.24) is 19.5 Å². The molecule has 0 unspecified atom stereocenters. The van der Waals surface area contributed by atoms with Crippen molar-refractivity contribution >= 4 is 61.3 Å². The number of rotatable bonds is 9. The van der Waals surface area contributed by atoms with Gasteiger partial charge in [-0.3, -0.25) is 4.90 Å². The van der Waals surface area contributed by atoms with Gasteiger partial charge in [-0.15, -0.1) is 0 Å². The van der Waals surface area contributed by atoms with Crippen LogP contribution in [0.2, 0.25) is 0 Å². The number of nitrogens with one attached hydrogen (secondary N) is 1. The number of phenolic OH excluding ortho intramolecular Hbond substituents is 1. The highest BCUT2D eigenvalue weighted by Gasteiger charge is 2.13. The molecule has 4 rings (SSSR count). The molecule has 0 saturated carbocycles. The first-order valence-corrected chi connectivity index (χ1v) is 12.8. The fourth-order valence-corrected chi connectivity index (χ4v) is 4.82. The molecule has 0 bridgehead atoms. The molecule has 0 saturated heterocycles. The number of benzene rings is 1. The molecule has 0 spiro atoms. The van der Waals surface area contributed by atoms with Gasteiger partial charge in [-0.05, 0) is 56.9 Å². The first-order valence-electron chi connectivity index (χ1n) is 9.51. The Bertz CT molecular complexity index is 1120. The fraction of sp³-hybridized carbons (Fsp3) is 0.238. The zero-order valence-electron chi connectivity index (χ0n) is 16.1. The van der Waals surface area contributed by atoms with E-state index in [-0.39, 0.29) is 5.75 Å². The van der Waals surface area contributed by atoms with Crippen LogP contribution in [-0.4, -0.2) is 42.2 Å². The van der Waals surface area contributed by atoms with Crippen LogP contribution in [0.15, 0.2) is 57.8 Å². The van der Waals surface area contributed by atoms with Gasteiger partial charge in [-0.25, -0.2) is 4.98 Å². The van der Waals surface area contributed by atoms with E-state index in [9.17, 15) is 5.11 Å². The number of aromatic hydroxyl groups is 1. The SMILES string of the molecule is Oc1ccccc1-c1cc(NCCCN(CI)Cc2ccsc2)n2ncc(Br)c2n1. The summed E-state index contributed by atoms with van der Waals surface area (Å²) in [6.07, 6.45) is 2.74. The number of hydrogen-bond donors (Lipinski definition) is 2. The molecule has 0 radical (unpaired) electrons. The smallest absolute Gasteiger partial charge is 0.172 e. The number of alkyl halides is 1. The van der Waals surface area contributed by atoms with Crippen molar-refractivity contribution in [3.63, 3.8) is 0 Å². The van der Waals surface area contributed by atoms with Crippen LogP contribution in [0, 0.1) is 0 Å². The van der Waals surface area contributed by atoms with Crippen LogP contribution in [0.1, 0.15) is 12.0 Å². The minimum Gasteiger partial charge on any atom is -0.507 e. The zero-order chi connectivity index (χ0) is 20.9. The van der Waals surface area contributed by atoms with Crippen LogP contribution in [0.4, 0.5) is 5.82 Å². The number of halogens is 2. The van der Waals surface area contributed by atoms with Gasteiger partial charge in [-0.1, -0.05) is 34.7 Å². The number of nitrogens with zero attached hydrogens (tertiary/aromatic N) is 4. The number of anilines is 1. The molecule has 2 N–H and O–H groups in total. The Morgan fingerprint density at radius 1 is 1.27 bits per heavy atom. The van der Waals surface area contributed by atoms with Crippen LogP contribution in [-0.2, 0) is 6.54 Å². The lowest BCUT2D eigenvalue weighted by molar-refractivity contribution is 0.319. The van der Waals surface area contributed by atoms with Gasteiger partial charge >= 0.3 is 0 Å². The number of fused-ring (bicyclic) bond motifs is 1. The molecule has 0 fully saturated rings. The third kappa shape index (κ3) is 4.96. The van der Waals surface area contributed by atoms with E-state index in [0.29, 0.717) is 16.9 Å². The van der Waals surface area contributed by atoms with E-state index in [2.05, 4.69) is 75.6 Å². The van der Waals surface area contributed by atoms with Gasteiger partial charge in [0, 0.05) is 31.3 Å². The Morgan fingerprint density at radius 3 is 2.90 bits per heavy atom. The molecule has 3 heterocycles. The molecule has 6 nitrogen and oxygen atoms in total. The number of hydrogen-bond acceptors (Lipinski definition) is 6. The highest BCUT2D eigenvalue weighted by Crippen LogP contribution is 2.31. The number of para-hydroxylation sites is 1. The van der Waals surface area contributed by atoms with Crippen LogP contribution in [0.25, 0.3) is 16.9 Å². The summed E-state index contributed by atoms with van der Waals surface area (Å²) in [5.41, 5.74) is 3.48. The molecule has 9 heteroatoms. The van der Waals surface area contributed by atoms with Crippen LogP contribution in [0.5, 0.6) is 5.75 Å². The molecule has 4 aromatic rings. The number of thiophene rings is 1. The lowest BCUT2D eigenvalue weighted by atomic mass is 10.1. The average molecular weight is 598 g/mol. The van der Waals surface area contributed by atoms with E-state index < -0.39 is 0 Å². The quantitative estimate of drug-likeness (QED) is 0.113. The van der Waals surface area contributed by atoms with Gasteiger partial charge in [0.05, 0.1) is 20.9 Å². The van der Waals surface area contributed by atoms with Gasteiger partial charge in [0.2, 0.25) is 0 Å². The van der Waals surface area contributed by atoms with Gasteiger partial charge in [0.25, 0.3) is 0 Å². The number of phenols is 1. The Labute approximate surface area is 201 Å². The summed E-state index contributed by atoms with van der Waals surface area (Å²) in [5, 5.41) is 22.5. The van der Waals surface area contributed by atoms with E-state index in [1.807, 2.05) is 18.2 Å². The lowest BCUT2D eigenvalue weighted by Gasteiger charge is -2.19. The summed E-state index contributed by atoms with van der Waals surface area (Å²) in [7, 11) is 0. The molecule has 0 aliphatic carbocycles. The molecular weight excluding hydrogens is 577 g/mol. The second kappa shape index (κ2) is 10.1. The standard InChI is InChI=1S/C21H21BrIN5OS/c22-17-11-25-28-20(10-18(26-21(17)28)16-4-1-2-5-19(16)29)24-7-3-8-27(14-23)12-15-6-9-30-13-15/h1-2,4-6,9-11,13,24,29H,3,7-8,12,14H2. The predicted molar refractivity (Wildman–Crippen MR) is 135 cm³/mol. The maximum absolute atomic E-state index is 10.3. The molecule has 0 aliphatic rings. The summed E-state index contributed by atoms with van der Waals surface area (Å²) >= 11 is 7.69. The van der Waals surface area contributed by atoms with E-state index in [1.54, 1.807) is 34.2 Å². The second-order valence-electron chi connectivity index (χ2n) is 6.86. The fourth-order valence-electron chi connectivity index (χ4n) is 3.23. The van der Waals surface area contributed by atoms with Gasteiger partial charge in [-0.2, -0.15) is 21.0 Å². The number of aromatic nitrogens is 3. The maximum Gasteiger partial charge on any atom is 0.172 e. The van der Waals surface area contributed by atoms with E-state index in [1.165, 1.54) is 5.56 Å². The third-order valence-electron chi connectivity index (χ3n) is 4.72. The van der Waals surface area contributed by atoms with Crippen LogP contribution < -0.4 is 5.32 Å². The first-order chi connectivity index (χ1) is 14.7. The van der Waals surface area contributed by atoms with Gasteiger partial charge in [0.15, 0.2) is 5.65 Å². The van der Waals surface area contributed by atoms with Crippen LogP contribution >= 0.6 is 49.9 Å². The molecule has 30 heavy (non-hydrogen) atoms. The Kier molecular flexibility index (Phi) is 7.24. The minimum absolute atomic E-state index is 0.210. The van der Waals surface area contributed by atoms with Gasteiger partial charge < -0.3 is 10.4 Å². The highest BCUT2D eigenvalue weighted by molar-refractivity contribution is 14.1. The molecule has 0 aliphatic heterocycles. The summed E-state index contributed by atoms with van der Waals surface area (Å²) in [5.74, 6) is 1.06. The Hall–Kier alpha value is -1.69. The molecule has 1 aromatic carbocycles. The van der Waals surface area contributed by atoms with Crippen molar-refractivity contribution < 1.29 is 5.11 Å². The van der Waals surface area contributed by atoms with Crippen molar-refractivity contribution in [2.45, 2.75) is 13.0 Å². The average Bonchev–Trinajstić information content (AvgIpc) is 3.40. The van der Waals surface area contributed by atoms with Crippen molar-refractivity contribution in [3.05, 3.63) is 63.4 Å². The van der Waals surface area contributed by atoms with E-state index in [4.69, 9.17) is 0 Å². The second-order valence-corrected chi connectivity index (χ2v) is 9.17. The highest BCUT2D eigenvalue weighted by atomic mass is 127. The third-order valence-corrected chi connectivity index (χ3v) is 6.98. The summed E-state index contributed by atoms with van der Waals surface area (Å²) in [4.78, 5) is 7.12. The largest absolute Gasteiger partial charge is 0.507 e. The van der Waals surface area contributed by atoms with Gasteiger partial charge in [0.1, 0.15) is 11.6 Å². The van der Waals surface area contributed by atoms with Crippen molar-refractivity contribution in [2.24, 2.45) is 0 Å². The molecule has 3 aromatic heterocycles. The monoisotopic (exact) mass is 597 g/mol. The van der Waals surface area contributed by atoms with E-state index in [0.717, 1.165) is 40.9 Å². The predicted octanol–water partition coefficient (Wildman–Crippen LogP) is 5.62. The summed E-state index contributed by atoms with van der Waals surface area (Å²) < 4.78 is 3.60. The van der Waals surface area contributed by atoms with Crippen molar-refractivity contribution in [1.29, 1.82) is 0 Å². The molecule has 0 atom stereocenters. The lowest BCUT2D eigenvalue weighted by Crippen LogP contribution is -2.24.